The predicted octanol–water partition coefficient (Wildman–Crippen LogP) is 3.80. The molecule has 0 aliphatic rings. The molecule has 3 nitrogen and oxygen atoms in total. The van der Waals surface area contributed by atoms with Gasteiger partial charge in [-0.05, 0) is 24.2 Å². The number of ether oxygens (including phenoxy) is 1. The topological polar surface area (TPSA) is 46.5 Å². The van der Waals surface area contributed by atoms with Crippen molar-refractivity contribution >= 4 is 5.97 Å². The van der Waals surface area contributed by atoms with E-state index in [4.69, 9.17) is 4.74 Å². The third kappa shape index (κ3) is 5.49. The van der Waals surface area contributed by atoms with Crippen LogP contribution in [0.1, 0.15) is 48.5 Å². The van der Waals surface area contributed by atoms with E-state index in [1.165, 1.54) is 0 Å². The van der Waals surface area contributed by atoms with Gasteiger partial charge in [-0.2, -0.15) is 13.2 Å². The molecule has 0 saturated heterocycles. The van der Waals surface area contributed by atoms with Crippen LogP contribution < -0.4 is 0 Å². The van der Waals surface area contributed by atoms with Crippen LogP contribution in [0.3, 0.4) is 0 Å². The summed E-state index contributed by atoms with van der Waals surface area (Å²) in [6.07, 6.45) is -4.84. The highest BCUT2D eigenvalue weighted by Gasteiger charge is 2.51. The van der Waals surface area contributed by atoms with Gasteiger partial charge < -0.3 is 9.84 Å². The Labute approximate surface area is 124 Å². The van der Waals surface area contributed by atoms with E-state index >= 15 is 0 Å². The summed E-state index contributed by atoms with van der Waals surface area (Å²) in [7, 11) is 0. The second-order valence-electron chi connectivity index (χ2n) is 7.33. The van der Waals surface area contributed by atoms with Gasteiger partial charge in [0.2, 0.25) is 0 Å². The summed E-state index contributed by atoms with van der Waals surface area (Å²) in [5, 5.41) is 9.33. The van der Waals surface area contributed by atoms with E-state index in [0.717, 1.165) is 0 Å². The van der Waals surface area contributed by atoms with E-state index in [1.807, 2.05) is 41.5 Å². The highest BCUT2D eigenvalue weighted by Crippen LogP contribution is 2.37. The first-order valence-corrected chi connectivity index (χ1v) is 7.07. The molecule has 0 fully saturated rings. The molecule has 0 amide bonds. The normalized spacial score (nSPS) is 19.0. The Morgan fingerprint density at radius 3 is 1.81 bits per heavy atom. The molecule has 0 aromatic rings. The molecular weight excluding hydrogens is 285 g/mol. The Morgan fingerprint density at radius 2 is 1.52 bits per heavy atom. The molecule has 0 aliphatic heterocycles. The number of halogens is 3. The number of rotatable bonds is 5. The number of carbonyl (C=O) groups is 1. The summed E-state index contributed by atoms with van der Waals surface area (Å²) in [5.41, 5.74) is -3.48. The molecule has 6 heteroatoms. The van der Waals surface area contributed by atoms with Crippen molar-refractivity contribution in [1.29, 1.82) is 0 Å². The van der Waals surface area contributed by atoms with Gasteiger partial charge >= 0.3 is 12.1 Å². The predicted molar refractivity (Wildman–Crippen MR) is 74.6 cm³/mol. The summed E-state index contributed by atoms with van der Waals surface area (Å²) in [6.45, 7) is 10.8. The second kappa shape index (κ2) is 6.55. The van der Waals surface area contributed by atoms with Crippen molar-refractivity contribution in [2.24, 2.45) is 23.2 Å². The minimum atomic E-state index is -4.84. The van der Waals surface area contributed by atoms with Gasteiger partial charge in [-0.15, -0.1) is 0 Å². The molecule has 0 spiro atoms. The van der Waals surface area contributed by atoms with Crippen molar-refractivity contribution in [1.82, 2.24) is 0 Å². The molecule has 0 heterocycles. The van der Waals surface area contributed by atoms with Gasteiger partial charge in [0.05, 0.1) is 5.92 Å². The zero-order valence-corrected chi connectivity index (χ0v) is 13.8. The van der Waals surface area contributed by atoms with Crippen LogP contribution in [0, 0.1) is 23.2 Å². The number of carbonyl (C=O) groups excluding carboxylic acids is 1. The molecule has 0 aromatic heterocycles. The minimum absolute atomic E-state index is 0.0478. The molecule has 3 atom stereocenters. The Balaban J connectivity index is 5.03. The first-order valence-electron chi connectivity index (χ1n) is 7.07. The number of esters is 1. The second-order valence-corrected chi connectivity index (χ2v) is 7.33. The molecule has 0 rings (SSSR count). The quantitative estimate of drug-likeness (QED) is 0.786. The monoisotopic (exact) mass is 312 g/mol. The average molecular weight is 312 g/mol. The fourth-order valence-corrected chi connectivity index (χ4v) is 2.13. The summed E-state index contributed by atoms with van der Waals surface area (Å²) in [6, 6.07) is 0. The molecule has 1 N–H and O–H groups in total. The van der Waals surface area contributed by atoms with Crippen LogP contribution in [0.5, 0.6) is 0 Å². The van der Waals surface area contributed by atoms with Crippen LogP contribution in [0.15, 0.2) is 0 Å². The van der Waals surface area contributed by atoms with Crippen LogP contribution in [0.25, 0.3) is 0 Å². The van der Waals surface area contributed by atoms with Crippen LogP contribution >= 0.6 is 0 Å². The van der Waals surface area contributed by atoms with Gasteiger partial charge in [0.1, 0.15) is 6.61 Å². The lowest BCUT2D eigenvalue weighted by Crippen LogP contribution is -2.48. The van der Waals surface area contributed by atoms with Crippen molar-refractivity contribution in [3.8, 4) is 0 Å². The van der Waals surface area contributed by atoms with Crippen LogP contribution in [0.2, 0.25) is 0 Å². The van der Waals surface area contributed by atoms with Gasteiger partial charge in [-0.25, -0.2) is 0 Å². The Bertz CT molecular complexity index is 354. The van der Waals surface area contributed by atoms with Gasteiger partial charge in [-0.3, -0.25) is 4.79 Å². The van der Waals surface area contributed by atoms with Gasteiger partial charge in [0, 0.05) is 0 Å². The van der Waals surface area contributed by atoms with Crippen molar-refractivity contribution in [2.45, 2.75) is 60.2 Å². The van der Waals surface area contributed by atoms with E-state index in [0.29, 0.717) is 6.92 Å². The molecule has 0 aromatic carbocycles. The largest absolute Gasteiger partial charge is 0.462 e. The number of hydrogen-bond acceptors (Lipinski definition) is 3. The van der Waals surface area contributed by atoms with Crippen molar-refractivity contribution in [3.63, 3.8) is 0 Å². The molecule has 126 valence electrons. The average Bonchev–Trinajstić information content (AvgIpc) is 2.22. The van der Waals surface area contributed by atoms with Crippen molar-refractivity contribution in [3.05, 3.63) is 0 Å². The van der Waals surface area contributed by atoms with E-state index < -0.39 is 35.7 Å². The van der Waals surface area contributed by atoms with E-state index in [9.17, 15) is 23.1 Å². The SMILES string of the molecule is CC(C)C(C)C(C(=O)OCC(C)(O)C(F)(F)F)C(C)(C)C. The zero-order chi connectivity index (χ0) is 17.2. The Morgan fingerprint density at radius 1 is 1.10 bits per heavy atom. The highest BCUT2D eigenvalue weighted by atomic mass is 19.4. The van der Waals surface area contributed by atoms with Gasteiger partial charge in [0.25, 0.3) is 0 Å². The molecule has 21 heavy (non-hydrogen) atoms. The third-order valence-corrected chi connectivity index (χ3v) is 3.87. The lowest BCUT2D eigenvalue weighted by molar-refractivity contribution is -0.266. The lowest BCUT2D eigenvalue weighted by atomic mass is 9.70. The summed E-state index contributed by atoms with van der Waals surface area (Å²) < 4.78 is 42.5. The Hall–Kier alpha value is -0.780. The molecule has 0 aliphatic carbocycles. The third-order valence-electron chi connectivity index (χ3n) is 3.87. The summed E-state index contributed by atoms with van der Waals surface area (Å²) in [5.74, 6) is -1.10. The number of alkyl halides is 3. The van der Waals surface area contributed by atoms with Gasteiger partial charge in [-0.1, -0.05) is 41.5 Å². The van der Waals surface area contributed by atoms with E-state index in [-0.39, 0.29) is 11.8 Å². The Kier molecular flexibility index (Phi) is 6.30. The summed E-state index contributed by atoms with van der Waals surface area (Å²) >= 11 is 0. The molecule has 0 radical (unpaired) electrons. The van der Waals surface area contributed by atoms with E-state index in [1.54, 1.807) is 0 Å². The smallest absolute Gasteiger partial charge is 0.420 e. The molecule has 3 unspecified atom stereocenters. The van der Waals surface area contributed by atoms with Crippen molar-refractivity contribution in [2.75, 3.05) is 6.61 Å². The first kappa shape index (κ1) is 20.2. The molecular formula is C15H27F3O3. The van der Waals surface area contributed by atoms with E-state index in [2.05, 4.69) is 0 Å². The van der Waals surface area contributed by atoms with Crippen LogP contribution in [-0.4, -0.2) is 29.5 Å². The molecule has 0 bridgehead atoms. The number of hydrogen-bond donors (Lipinski definition) is 1. The standard InChI is InChI=1S/C15H27F3O3/c1-9(2)10(3)11(13(4,5)6)12(19)21-8-14(7,20)15(16,17)18/h9-11,20H,8H2,1-7H3. The fraction of sp³-hybridized carbons (Fsp3) is 0.933. The minimum Gasteiger partial charge on any atom is -0.462 e. The highest BCUT2D eigenvalue weighted by molar-refractivity contribution is 5.73. The lowest BCUT2D eigenvalue weighted by Gasteiger charge is -2.36. The first-order chi connectivity index (χ1) is 9.11. The van der Waals surface area contributed by atoms with Crippen LogP contribution in [0.4, 0.5) is 13.2 Å². The van der Waals surface area contributed by atoms with Gasteiger partial charge in [0.15, 0.2) is 5.60 Å². The zero-order valence-electron chi connectivity index (χ0n) is 13.8. The fourth-order valence-electron chi connectivity index (χ4n) is 2.13. The maximum absolute atomic E-state index is 12.6. The van der Waals surface area contributed by atoms with Crippen molar-refractivity contribution < 1.29 is 27.8 Å². The summed E-state index contributed by atoms with van der Waals surface area (Å²) in [4.78, 5) is 12.2. The maximum Gasteiger partial charge on any atom is 0.420 e. The van der Waals surface area contributed by atoms with Crippen LogP contribution in [-0.2, 0) is 9.53 Å². The molecule has 0 saturated carbocycles. The maximum atomic E-state index is 12.6. The number of aliphatic hydroxyl groups is 1.